The molecule has 1 aromatic heterocycles. The average molecular weight is 429 g/mol. The van der Waals surface area contributed by atoms with Crippen LogP contribution in [0.2, 0.25) is 0 Å². The Bertz CT molecular complexity index is 1130. The summed E-state index contributed by atoms with van der Waals surface area (Å²) in [5, 5.41) is 12.0. The van der Waals surface area contributed by atoms with Gasteiger partial charge in [-0.25, -0.2) is 12.8 Å². The molecule has 1 atom stereocenters. The zero-order valence-electron chi connectivity index (χ0n) is 16.1. The topological polar surface area (TPSA) is 98.1 Å². The maximum atomic E-state index is 13.1. The minimum Gasteiger partial charge on any atom is -0.333 e. The molecular weight excluding hydrogens is 409 g/mol. The second-order valence-electron chi connectivity index (χ2n) is 7.21. The van der Waals surface area contributed by atoms with E-state index in [4.69, 9.17) is 0 Å². The second kappa shape index (κ2) is 8.31. The van der Waals surface area contributed by atoms with Crippen LogP contribution in [0, 0.1) is 5.82 Å². The van der Waals surface area contributed by atoms with Crippen LogP contribution in [0.3, 0.4) is 0 Å². The van der Waals surface area contributed by atoms with Gasteiger partial charge in [-0.15, -0.1) is 10.2 Å². The predicted molar refractivity (Wildman–Crippen MR) is 107 cm³/mol. The summed E-state index contributed by atoms with van der Waals surface area (Å²) < 4.78 is 37.0. The summed E-state index contributed by atoms with van der Waals surface area (Å²) in [6.45, 7) is 0.136. The number of benzene rings is 2. The zero-order valence-corrected chi connectivity index (χ0v) is 16.9. The Labute approximate surface area is 173 Å². The number of tetrazole rings is 1. The molecule has 156 valence electrons. The molecule has 2 aromatic carbocycles. The maximum absolute atomic E-state index is 13.1. The highest BCUT2D eigenvalue weighted by Crippen LogP contribution is 2.21. The Balaban J connectivity index is 1.52. The summed E-state index contributed by atoms with van der Waals surface area (Å²) >= 11 is 0. The van der Waals surface area contributed by atoms with E-state index in [9.17, 15) is 17.6 Å². The van der Waals surface area contributed by atoms with Crippen LogP contribution in [0.5, 0.6) is 0 Å². The number of rotatable bonds is 6. The molecule has 2 heterocycles. The fraction of sp³-hybridized carbons (Fsp3) is 0.300. The van der Waals surface area contributed by atoms with Crippen molar-refractivity contribution in [3.8, 4) is 11.4 Å². The van der Waals surface area contributed by atoms with Crippen molar-refractivity contribution in [2.45, 2.75) is 25.6 Å². The van der Waals surface area contributed by atoms with Gasteiger partial charge in [0.25, 0.3) is 0 Å². The van der Waals surface area contributed by atoms with E-state index in [2.05, 4.69) is 15.4 Å². The first-order chi connectivity index (χ1) is 14.4. The lowest BCUT2D eigenvalue weighted by Crippen LogP contribution is -2.42. The van der Waals surface area contributed by atoms with Gasteiger partial charge < -0.3 is 4.90 Å². The number of carbonyl (C=O) groups excluding carboxylic acids is 1. The van der Waals surface area contributed by atoms with Gasteiger partial charge in [0.1, 0.15) is 12.4 Å². The number of nitrogens with zero attached hydrogens (tertiary/aromatic N) is 5. The summed E-state index contributed by atoms with van der Waals surface area (Å²) in [4.78, 5) is 15.8. The Morgan fingerprint density at radius 3 is 2.53 bits per heavy atom. The predicted octanol–water partition coefficient (Wildman–Crippen LogP) is 1.70. The van der Waals surface area contributed by atoms with E-state index in [1.807, 2.05) is 30.3 Å². The molecule has 3 aromatic rings. The fourth-order valence-corrected chi connectivity index (χ4v) is 5.19. The number of aromatic nitrogens is 4. The fourth-order valence-electron chi connectivity index (χ4n) is 3.46. The van der Waals surface area contributed by atoms with Gasteiger partial charge in [0.2, 0.25) is 11.7 Å². The van der Waals surface area contributed by atoms with Crippen LogP contribution in [-0.4, -0.2) is 57.0 Å². The van der Waals surface area contributed by atoms with E-state index >= 15 is 0 Å². The number of sulfone groups is 1. The Morgan fingerprint density at radius 1 is 1.13 bits per heavy atom. The number of halogens is 1. The molecule has 0 aliphatic carbocycles. The number of hydrogen-bond acceptors (Lipinski definition) is 6. The molecule has 1 aliphatic heterocycles. The lowest BCUT2D eigenvalue weighted by atomic mass is 10.1. The molecular formula is C20H20FN5O3S. The minimum absolute atomic E-state index is 0.0445. The van der Waals surface area contributed by atoms with E-state index < -0.39 is 9.84 Å². The standard InChI is InChI=1S/C20H20FN5O3S/c21-17-8-6-16(7-9-17)20-22-24-26(23-20)13-19(27)25(12-15-4-2-1-3-5-15)18-10-11-30(28,29)14-18/h1-9,18H,10-14H2. The van der Waals surface area contributed by atoms with Crippen molar-refractivity contribution < 1.29 is 17.6 Å². The van der Waals surface area contributed by atoms with E-state index in [1.165, 1.54) is 29.1 Å². The Kier molecular flexibility index (Phi) is 5.58. The molecule has 30 heavy (non-hydrogen) atoms. The lowest BCUT2D eigenvalue weighted by Gasteiger charge is -2.28. The van der Waals surface area contributed by atoms with E-state index in [0.29, 0.717) is 18.5 Å². The van der Waals surface area contributed by atoms with Crippen molar-refractivity contribution in [1.29, 1.82) is 0 Å². The van der Waals surface area contributed by atoms with Gasteiger partial charge >= 0.3 is 0 Å². The lowest BCUT2D eigenvalue weighted by molar-refractivity contribution is -0.134. The van der Waals surface area contributed by atoms with Crippen molar-refractivity contribution in [3.63, 3.8) is 0 Å². The first kappa shape index (κ1) is 20.1. The SMILES string of the molecule is O=C(Cn1nnc(-c2ccc(F)cc2)n1)N(Cc1ccccc1)C1CCS(=O)(=O)C1. The highest BCUT2D eigenvalue weighted by atomic mass is 32.2. The first-order valence-corrected chi connectivity index (χ1v) is 11.3. The molecule has 1 fully saturated rings. The van der Waals surface area contributed by atoms with Crippen LogP contribution in [0.1, 0.15) is 12.0 Å². The van der Waals surface area contributed by atoms with Crippen LogP contribution >= 0.6 is 0 Å². The van der Waals surface area contributed by atoms with Crippen molar-refractivity contribution >= 4 is 15.7 Å². The van der Waals surface area contributed by atoms with Crippen LogP contribution in [0.15, 0.2) is 54.6 Å². The third-order valence-corrected chi connectivity index (χ3v) is 6.75. The number of amides is 1. The molecule has 1 amide bonds. The van der Waals surface area contributed by atoms with Crippen LogP contribution < -0.4 is 0 Å². The van der Waals surface area contributed by atoms with Crippen LogP contribution in [-0.2, 0) is 27.7 Å². The van der Waals surface area contributed by atoms with E-state index in [1.54, 1.807) is 4.90 Å². The molecule has 1 unspecified atom stereocenters. The van der Waals surface area contributed by atoms with Crippen LogP contribution in [0.25, 0.3) is 11.4 Å². The largest absolute Gasteiger partial charge is 0.333 e. The second-order valence-corrected chi connectivity index (χ2v) is 9.44. The average Bonchev–Trinajstić information content (AvgIpc) is 3.33. The highest BCUT2D eigenvalue weighted by molar-refractivity contribution is 7.91. The van der Waals surface area contributed by atoms with Crippen molar-refractivity contribution in [2.75, 3.05) is 11.5 Å². The quantitative estimate of drug-likeness (QED) is 0.592. The number of carbonyl (C=O) groups is 1. The molecule has 8 nitrogen and oxygen atoms in total. The zero-order chi connectivity index (χ0) is 21.1. The summed E-state index contributed by atoms with van der Waals surface area (Å²) in [7, 11) is -3.15. The molecule has 0 spiro atoms. The first-order valence-electron chi connectivity index (χ1n) is 9.47. The molecule has 1 saturated heterocycles. The summed E-state index contributed by atoms with van der Waals surface area (Å²) in [5.41, 5.74) is 1.49. The van der Waals surface area contributed by atoms with E-state index in [-0.39, 0.29) is 41.6 Å². The van der Waals surface area contributed by atoms with Crippen molar-refractivity contribution in [2.24, 2.45) is 0 Å². The van der Waals surface area contributed by atoms with Gasteiger partial charge in [0, 0.05) is 18.2 Å². The molecule has 0 N–H and O–H groups in total. The molecule has 0 bridgehead atoms. The monoisotopic (exact) mass is 429 g/mol. The van der Waals surface area contributed by atoms with Gasteiger partial charge in [-0.05, 0) is 41.5 Å². The van der Waals surface area contributed by atoms with Gasteiger partial charge in [0.15, 0.2) is 9.84 Å². The molecule has 4 rings (SSSR count). The summed E-state index contributed by atoms with van der Waals surface area (Å²) in [5.74, 6) is -0.349. The smallest absolute Gasteiger partial charge is 0.246 e. The third-order valence-electron chi connectivity index (χ3n) is 5.00. The Hall–Kier alpha value is -3.14. The molecule has 10 heteroatoms. The van der Waals surface area contributed by atoms with Crippen molar-refractivity contribution in [3.05, 3.63) is 66.0 Å². The molecule has 1 aliphatic rings. The molecule has 0 saturated carbocycles. The third kappa shape index (κ3) is 4.70. The highest BCUT2D eigenvalue weighted by Gasteiger charge is 2.35. The van der Waals surface area contributed by atoms with Crippen molar-refractivity contribution in [1.82, 2.24) is 25.1 Å². The number of hydrogen-bond donors (Lipinski definition) is 0. The summed E-state index contributed by atoms with van der Waals surface area (Å²) in [6, 6.07) is 14.7. The van der Waals surface area contributed by atoms with Gasteiger partial charge in [-0.3, -0.25) is 4.79 Å². The summed E-state index contributed by atoms with van der Waals surface area (Å²) in [6.07, 6.45) is 0.409. The van der Waals surface area contributed by atoms with Gasteiger partial charge in [-0.1, -0.05) is 30.3 Å². The van der Waals surface area contributed by atoms with Crippen LogP contribution in [0.4, 0.5) is 4.39 Å². The minimum atomic E-state index is -3.15. The van der Waals surface area contributed by atoms with Gasteiger partial charge in [0.05, 0.1) is 11.5 Å². The Morgan fingerprint density at radius 2 is 1.87 bits per heavy atom. The van der Waals surface area contributed by atoms with Gasteiger partial charge in [-0.2, -0.15) is 4.80 Å². The van der Waals surface area contributed by atoms with E-state index in [0.717, 1.165) is 5.56 Å². The maximum Gasteiger partial charge on any atom is 0.246 e. The normalized spacial score (nSPS) is 17.7. The molecule has 0 radical (unpaired) electrons.